The molecule has 0 unspecified atom stereocenters. The van der Waals surface area contributed by atoms with Crippen LogP contribution in [-0.2, 0) is 19.8 Å². The van der Waals surface area contributed by atoms with Crippen LogP contribution in [0.2, 0.25) is 6.04 Å². The summed E-state index contributed by atoms with van der Waals surface area (Å²) < 4.78 is 19.7. The molecule has 0 atom stereocenters. The number of rotatable bonds is 11. The van der Waals surface area contributed by atoms with Gasteiger partial charge in [0.25, 0.3) is 0 Å². The van der Waals surface area contributed by atoms with E-state index in [1.165, 1.54) is 5.56 Å². The number of hydrogen-bond donors (Lipinski definition) is 0. The molecule has 0 N–H and O–H groups in total. The molecule has 0 amide bonds. The van der Waals surface area contributed by atoms with Gasteiger partial charge >= 0.3 is 8.80 Å². The Labute approximate surface area is 151 Å². The molecule has 0 bridgehead atoms. The molecule has 1 aromatic heterocycles. The predicted molar refractivity (Wildman–Crippen MR) is 100 cm³/mol. The van der Waals surface area contributed by atoms with Crippen LogP contribution in [0.1, 0.15) is 32.8 Å². The number of aromatic nitrogens is 3. The fraction of sp³-hybridized carbons (Fsp3) is 0.556. The highest BCUT2D eigenvalue weighted by Crippen LogP contribution is 2.21. The first-order valence-corrected chi connectivity index (χ1v) is 10.9. The minimum absolute atomic E-state index is 0.601. The molecule has 0 aliphatic rings. The minimum atomic E-state index is -2.59. The van der Waals surface area contributed by atoms with Crippen molar-refractivity contribution in [3.63, 3.8) is 0 Å². The van der Waals surface area contributed by atoms with Gasteiger partial charge in [-0.15, -0.1) is 0 Å². The highest BCUT2D eigenvalue weighted by Gasteiger charge is 2.39. The van der Waals surface area contributed by atoms with Crippen molar-refractivity contribution in [3.05, 3.63) is 36.2 Å². The first kappa shape index (κ1) is 19.8. The van der Waals surface area contributed by atoms with Crippen LogP contribution in [0.3, 0.4) is 0 Å². The zero-order valence-corrected chi connectivity index (χ0v) is 16.7. The Morgan fingerprint density at radius 1 is 0.960 bits per heavy atom. The number of benzene rings is 1. The average molecular weight is 364 g/mol. The molecule has 1 aromatic carbocycles. The highest BCUT2D eigenvalue weighted by atomic mass is 28.4. The first-order chi connectivity index (χ1) is 12.1. The molecular formula is C18H29N3O3Si. The van der Waals surface area contributed by atoms with E-state index in [4.69, 9.17) is 13.3 Å². The van der Waals surface area contributed by atoms with Crippen LogP contribution in [-0.4, -0.2) is 43.4 Å². The Kier molecular flexibility index (Phi) is 7.76. The third-order valence-electron chi connectivity index (χ3n) is 3.87. The molecule has 0 fully saturated rings. The van der Waals surface area contributed by atoms with Crippen LogP contribution in [0.4, 0.5) is 0 Å². The lowest BCUT2D eigenvalue weighted by molar-refractivity contribution is 0.0704. The second kappa shape index (κ2) is 9.81. The van der Waals surface area contributed by atoms with E-state index in [1.54, 1.807) is 6.33 Å². The molecule has 0 saturated carbocycles. The number of aryl methyl sites for hydroxylation is 2. The van der Waals surface area contributed by atoms with Crippen LogP contribution in [0, 0.1) is 6.92 Å². The number of hydrogen-bond acceptors (Lipinski definition) is 5. The Hall–Kier alpha value is -1.54. The Balaban J connectivity index is 2.03. The normalized spacial score (nSPS) is 11.8. The summed E-state index contributed by atoms with van der Waals surface area (Å²) in [7, 11) is -2.59. The average Bonchev–Trinajstić information content (AvgIpc) is 3.05. The van der Waals surface area contributed by atoms with Gasteiger partial charge in [-0.2, -0.15) is 5.10 Å². The lowest BCUT2D eigenvalue weighted by Crippen LogP contribution is -2.46. The van der Waals surface area contributed by atoms with Crippen LogP contribution in [0.5, 0.6) is 0 Å². The van der Waals surface area contributed by atoms with Gasteiger partial charge in [0, 0.05) is 38.0 Å². The van der Waals surface area contributed by atoms with Gasteiger partial charge in [-0.3, -0.25) is 0 Å². The van der Waals surface area contributed by atoms with Gasteiger partial charge in [0.05, 0.1) is 0 Å². The van der Waals surface area contributed by atoms with Crippen molar-refractivity contribution in [3.8, 4) is 11.4 Å². The monoisotopic (exact) mass is 363 g/mol. The van der Waals surface area contributed by atoms with E-state index in [0.29, 0.717) is 19.8 Å². The smallest absolute Gasteiger partial charge is 0.374 e. The van der Waals surface area contributed by atoms with Crippen LogP contribution in [0.25, 0.3) is 11.4 Å². The van der Waals surface area contributed by atoms with Crippen LogP contribution >= 0.6 is 0 Å². The Bertz CT molecular complexity index is 614. The molecule has 7 heteroatoms. The fourth-order valence-electron chi connectivity index (χ4n) is 2.80. The van der Waals surface area contributed by atoms with Gasteiger partial charge in [0.2, 0.25) is 0 Å². The summed E-state index contributed by atoms with van der Waals surface area (Å²) in [5.74, 6) is 0.886. The van der Waals surface area contributed by atoms with Gasteiger partial charge in [0.1, 0.15) is 6.33 Å². The molecule has 0 radical (unpaired) electrons. The largest absolute Gasteiger partial charge is 0.500 e. The van der Waals surface area contributed by atoms with Crippen molar-refractivity contribution in [2.75, 3.05) is 19.8 Å². The minimum Gasteiger partial charge on any atom is -0.374 e. The molecular weight excluding hydrogens is 334 g/mol. The quantitative estimate of drug-likeness (QED) is 0.570. The molecule has 2 aromatic rings. The summed E-state index contributed by atoms with van der Waals surface area (Å²) in [6.07, 6.45) is 2.47. The lowest BCUT2D eigenvalue weighted by atomic mass is 10.1. The molecule has 0 saturated heterocycles. The van der Waals surface area contributed by atoms with Crippen LogP contribution in [0.15, 0.2) is 30.6 Å². The van der Waals surface area contributed by atoms with Gasteiger partial charge in [-0.05, 0) is 34.1 Å². The summed E-state index contributed by atoms with van der Waals surface area (Å²) in [6, 6.07) is 9.11. The summed E-state index contributed by atoms with van der Waals surface area (Å²) in [5.41, 5.74) is 2.31. The van der Waals surface area contributed by atoms with Crippen molar-refractivity contribution in [1.29, 1.82) is 0 Å². The van der Waals surface area contributed by atoms with Crippen molar-refractivity contribution in [1.82, 2.24) is 14.8 Å². The fourth-order valence-corrected chi connectivity index (χ4v) is 5.39. The molecule has 1 heterocycles. The summed E-state index contributed by atoms with van der Waals surface area (Å²) in [5, 5.41) is 4.37. The lowest BCUT2D eigenvalue weighted by Gasteiger charge is -2.28. The zero-order chi connectivity index (χ0) is 18.1. The molecule has 0 aliphatic heterocycles. The van der Waals surface area contributed by atoms with Gasteiger partial charge in [0.15, 0.2) is 5.82 Å². The molecule has 138 valence electrons. The van der Waals surface area contributed by atoms with E-state index in [1.807, 2.05) is 25.5 Å². The van der Waals surface area contributed by atoms with E-state index in [2.05, 4.69) is 41.3 Å². The first-order valence-electron chi connectivity index (χ1n) is 9.00. The predicted octanol–water partition coefficient (Wildman–Crippen LogP) is 3.69. The van der Waals surface area contributed by atoms with Crippen LogP contribution < -0.4 is 0 Å². The van der Waals surface area contributed by atoms with E-state index >= 15 is 0 Å². The molecule has 0 spiro atoms. The zero-order valence-electron chi connectivity index (χ0n) is 15.7. The molecule has 6 nitrogen and oxygen atoms in total. The Morgan fingerprint density at radius 2 is 1.56 bits per heavy atom. The Morgan fingerprint density at radius 3 is 2.12 bits per heavy atom. The maximum absolute atomic E-state index is 5.91. The summed E-state index contributed by atoms with van der Waals surface area (Å²) in [4.78, 5) is 4.41. The van der Waals surface area contributed by atoms with Gasteiger partial charge < -0.3 is 13.3 Å². The maximum Gasteiger partial charge on any atom is 0.500 e. The van der Waals surface area contributed by atoms with Crippen molar-refractivity contribution >= 4 is 8.80 Å². The second-order valence-corrected chi connectivity index (χ2v) is 8.49. The van der Waals surface area contributed by atoms with Gasteiger partial charge in [-0.25, -0.2) is 9.67 Å². The SMILES string of the molecule is CCO[Si](CCCn1ncnc1-c1ccc(C)cc1)(OCC)OCC. The third kappa shape index (κ3) is 5.47. The van der Waals surface area contributed by atoms with Gasteiger partial charge in [-0.1, -0.05) is 29.8 Å². The van der Waals surface area contributed by atoms with E-state index in [0.717, 1.165) is 30.4 Å². The van der Waals surface area contributed by atoms with E-state index in [-0.39, 0.29) is 0 Å². The third-order valence-corrected chi connectivity index (χ3v) is 7.02. The topological polar surface area (TPSA) is 58.4 Å². The standard InChI is InChI=1S/C18H29N3O3Si/c1-5-22-25(23-6-2,24-7-3)14-8-13-21-18(19-15-20-21)17-11-9-16(4)10-12-17/h9-12,15H,5-8,13-14H2,1-4H3. The van der Waals surface area contributed by atoms with E-state index in [9.17, 15) is 0 Å². The summed E-state index contributed by atoms with van der Waals surface area (Å²) >= 11 is 0. The highest BCUT2D eigenvalue weighted by molar-refractivity contribution is 6.60. The van der Waals surface area contributed by atoms with Crippen molar-refractivity contribution in [2.24, 2.45) is 0 Å². The molecule has 25 heavy (non-hydrogen) atoms. The van der Waals surface area contributed by atoms with Crippen molar-refractivity contribution in [2.45, 2.75) is 46.7 Å². The maximum atomic E-state index is 5.91. The molecule has 2 rings (SSSR count). The van der Waals surface area contributed by atoms with Crippen molar-refractivity contribution < 1.29 is 13.3 Å². The second-order valence-electron chi connectivity index (χ2n) is 5.76. The molecule has 0 aliphatic carbocycles. The number of nitrogens with zero attached hydrogens (tertiary/aromatic N) is 3. The van der Waals surface area contributed by atoms with E-state index < -0.39 is 8.80 Å². The summed E-state index contributed by atoms with van der Waals surface area (Å²) in [6.45, 7) is 10.6.